The van der Waals surface area contributed by atoms with Gasteiger partial charge in [0, 0.05) is 16.9 Å². The number of ether oxygens (including phenoxy) is 1. The van der Waals surface area contributed by atoms with Gasteiger partial charge < -0.3 is 4.74 Å². The van der Waals surface area contributed by atoms with Crippen molar-refractivity contribution >= 4 is 11.8 Å². The third-order valence-corrected chi connectivity index (χ3v) is 4.11. The zero-order chi connectivity index (χ0) is 16.2. The van der Waals surface area contributed by atoms with Crippen LogP contribution in [0.2, 0.25) is 0 Å². The molecule has 0 spiro atoms. The summed E-state index contributed by atoms with van der Waals surface area (Å²) in [5.41, 5.74) is 1.15. The molecule has 0 atom stereocenters. The number of methoxy groups -OCH3 is 1. The lowest BCUT2D eigenvalue weighted by Gasteiger charge is -2.01. The zero-order valence-corrected chi connectivity index (χ0v) is 13.0. The van der Waals surface area contributed by atoms with Gasteiger partial charge in [-0.2, -0.15) is 0 Å². The quantitative estimate of drug-likeness (QED) is 0.716. The number of halogens is 2. The fraction of sp³-hybridized carbons (Fsp3) is 0.125. The standard InChI is InChI=1S/C16H13F2N3OS/c1-22-12-7-5-10(6-8-12)15-19-16(21-20-15)23-9-11-3-2-4-13(17)14(11)18/h2-8H,9H2,1H3,(H,19,20,21). The summed E-state index contributed by atoms with van der Waals surface area (Å²) in [5.74, 6) is -0.0639. The summed E-state index contributed by atoms with van der Waals surface area (Å²) in [5, 5.41) is 7.38. The Bertz CT molecular complexity index is 805. The molecule has 0 radical (unpaired) electrons. The summed E-state index contributed by atoms with van der Waals surface area (Å²) in [6.45, 7) is 0. The Kier molecular flexibility index (Phi) is 4.57. The van der Waals surface area contributed by atoms with Crippen molar-refractivity contribution in [3.05, 3.63) is 59.7 Å². The fourth-order valence-corrected chi connectivity index (χ4v) is 2.76. The van der Waals surface area contributed by atoms with Crippen LogP contribution in [-0.2, 0) is 5.75 Å². The van der Waals surface area contributed by atoms with E-state index in [2.05, 4.69) is 15.2 Å². The fourth-order valence-electron chi connectivity index (χ4n) is 1.99. The number of aromatic nitrogens is 3. The van der Waals surface area contributed by atoms with Gasteiger partial charge in [0.1, 0.15) is 5.75 Å². The molecule has 0 fully saturated rings. The molecular formula is C16H13F2N3OS. The number of hydrogen-bond acceptors (Lipinski definition) is 4. The van der Waals surface area contributed by atoms with Crippen molar-refractivity contribution in [2.45, 2.75) is 10.9 Å². The minimum Gasteiger partial charge on any atom is -0.497 e. The molecule has 1 N–H and O–H groups in total. The molecule has 2 aromatic carbocycles. The highest BCUT2D eigenvalue weighted by Gasteiger charge is 2.11. The van der Waals surface area contributed by atoms with Crippen LogP contribution in [0, 0.1) is 11.6 Å². The van der Waals surface area contributed by atoms with Gasteiger partial charge in [-0.15, -0.1) is 5.10 Å². The Hall–Kier alpha value is -2.41. The number of nitrogens with zero attached hydrogens (tertiary/aromatic N) is 2. The Morgan fingerprint density at radius 3 is 2.65 bits per heavy atom. The predicted octanol–water partition coefficient (Wildman–Crippen LogP) is 4.05. The first kappa shape index (κ1) is 15.5. The van der Waals surface area contributed by atoms with E-state index in [9.17, 15) is 8.78 Å². The SMILES string of the molecule is COc1ccc(-c2nc(SCc3cccc(F)c3F)n[nH]2)cc1. The average Bonchev–Trinajstić information content (AvgIpc) is 3.05. The minimum atomic E-state index is -0.850. The molecule has 0 amide bonds. The third-order valence-electron chi connectivity index (χ3n) is 3.22. The van der Waals surface area contributed by atoms with Crippen molar-refractivity contribution in [2.24, 2.45) is 0 Å². The van der Waals surface area contributed by atoms with Gasteiger partial charge in [-0.1, -0.05) is 23.9 Å². The molecule has 1 aromatic heterocycles. The molecule has 4 nitrogen and oxygen atoms in total. The second kappa shape index (κ2) is 6.78. The first-order valence-electron chi connectivity index (χ1n) is 6.80. The summed E-state index contributed by atoms with van der Waals surface area (Å²) in [7, 11) is 1.60. The van der Waals surface area contributed by atoms with E-state index >= 15 is 0 Å². The molecule has 0 aliphatic heterocycles. The molecule has 118 valence electrons. The first-order chi connectivity index (χ1) is 11.2. The van der Waals surface area contributed by atoms with Gasteiger partial charge >= 0.3 is 0 Å². The molecule has 0 bridgehead atoms. The van der Waals surface area contributed by atoms with E-state index in [1.165, 1.54) is 17.8 Å². The van der Waals surface area contributed by atoms with Crippen LogP contribution in [0.1, 0.15) is 5.56 Å². The van der Waals surface area contributed by atoms with Crippen LogP contribution >= 0.6 is 11.8 Å². The van der Waals surface area contributed by atoms with Gasteiger partial charge in [-0.05, 0) is 30.3 Å². The van der Waals surface area contributed by atoms with Gasteiger partial charge in [0.05, 0.1) is 7.11 Å². The number of aromatic amines is 1. The van der Waals surface area contributed by atoms with E-state index in [0.29, 0.717) is 11.0 Å². The lowest BCUT2D eigenvalue weighted by atomic mass is 10.2. The summed E-state index contributed by atoms with van der Waals surface area (Å²) in [4.78, 5) is 4.34. The molecular weight excluding hydrogens is 320 g/mol. The molecule has 0 aliphatic rings. The summed E-state index contributed by atoms with van der Waals surface area (Å²) in [6, 6.07) is 11.5. The van der Waals surface area contributed by atoms with Gasteiger partial charge in [-0.3, -0.25) is 5.10 Å². The van der Waals surface area contributed by atoms with Crippen molar-refractivity contribution < 1.29 is 13.5 Å². The summed E-state index contributed by atoms with van der Waals surface area (Å²) in [6.07, 6.45) is 0. The molecule has 0 aliphatic carbocycles. The molecule has 1 heterocycles. The summed E-state index contributed by atoms with van der Waals surface area (Å²) >= 11 is 1.23. The summed E-state index contributed by atoms with van der Waals surface area (Å²) < 4.78 is 31.9. The third kappa shape index (κ3) is 3.50. The van der Waals surface area contributed by atoms with Crippen LogP contribution in [-0.4, -0.2) is 22.3 Å². The van der Waals surface area contributed by atoms with Gasteiger partial charge in [-0.25, -0.2) is 13.8 Å². The molecule has 3 aromatic rings. The smallest absolute Gasteiger partial charge is 0.209 e. The van der Waals surface area contributed by atoms with Crippen molar-refractivity contribution in [3.63, 3.8) is 0 Å². The Labute approximate surface area is 135 Å². The number of thioether (sulfide) groups is 1. The van der Waals surface area contributed by atoms with Gasteiger partial charge in [0.25, 0.3) is 0 Å². The number of nitrogens with one attached hydrogen (secondary N) is 1. The Morgan fingerprint density at radius 2 is 1.91 bits per heavy atom. The second-order valence-corrected chi connectivity index (χ2v) is 5.64. The maximum absolute atomic E-state index is 13.6. The zero-order valence-electron chi connectivity index (χ0n) is 12.2. The first-order valence-corrected chi connectivity index (χ1v) is 7.78. The molecule has 0 saturated carbocycles. The molecule has 23 heavy (non-hydrogen) atoms. The van der Waals surface area contributed by atoms with Gasteiger partial charge in [0.15, 0.2) is 17.5 Å². The van der Waals surface area contributed by atoms with E-state index in [0.717, 1.165) is 17.4 Å². The monoisotopic (exact) mass is 333 g/mol. The molecule has 7 heteroatoms. The number of H-pyrrole nitrogens is 1. The predicted molar refractivity (Wildman–Crippen MR) is 84.3 cm³/mol. The lowest BCUT2D eigenvalue weighted by Crippen LogP contribution is -1.92. The average molecular weight is 333 g/mol. The van der Waals surface area contributed by atoms with Crippen LogP contribution in [0.25, 0.3) is 11.4 Å². The number of rotatable bonds is 5. The number of benzene rings is 2. The highest BCUT2D eigenvalue weighted by molar-refractivity contribution is 7.98. The van der Waals surface area contributed by atoms with E-state index in [1.807, 2.05) is 24.3 Å². The highest BCUT2D eigenvalue weighted by Crippen LogP contribution is 2.25. The lowest BCUT2D eigenvalue weighted by molar-refractivity contribution is 0.415. The van der Waals surface area contributed by atoms with Crippen molar-refractivity contribution in [2.75, 3.05) is 7.11 Å². The Morgan fingerprint density at radius 1 is 1.13 bits per heavy atom. The van der Waals surface area contributed by atoms with Crippen LogP contribution in [0.5, 0.6) is 5.75 Å². The van der Waals surface area contributed by atoms with Crippen LogP contribution in [0.4, 0.5) is 8.78 Å². The molecule has 0 unspecified atom stereocenters. The van der Waals surface area contributed by atoms with Crippen LogP contribution in [0.3, 0.4) is 0 Å². The molecule has 0 saturated heterocycles. The second-order valence-electron chi connectivity index (χ2n) is 4.70. The van der Waals surface area contributed by atoms with E-state index in [4.69, 9.17) is 4.74 Å². The largest absolute Gasteiger partial charge is 0.497 e. The van der Waals surface area contributed by atoms with Gasteiger partial charge in [0.2, 0.25) is 5.16 Å². The highest BCUT2D eigenvalue weighted by atomic mass is 32.2. The van der Waals surface area contributed by atoms with Crippen LogP contribution in [0.15, 0.2) is 47.6 Å². The normalized spacial score (nSPS) is 10.7. The minimum absolute atomic E-state index is 0.253. The topological polar surface area (TPSA) is 50.8 Å². The van der Waals surface area contributed by atoms with Crippen LogP contribution < -0.4 is 4.74 Å². The van der Waals surface area contributed by atoms with E-state index < -0.39 is 11.6 Å². The van der Waals surface area contributed by atoms with Crippen molar-refractivity contribution in [3.8, 4) is 17.1 Å². The maximum Gasteiger partial charge on any atom is 0.209 e. The van der Waals surface area contributed by atoms with Crippen molar-refractivity contribution in [1.82, 2.24) is 15.2 Å². The Balaban J connectivity index is 1.70. The maximum atomic E-state index is 13.6. The molecule has 3 rings (SSSR count). The van der Waals surface area contributed by atoms with E-state index in [-0.39, 0.29) is 11.3 Å². The van der Waals surface area contributed by atoms with E-state index in [1.54, 1.807) is 13.2 Å². The van der Waals surface area contributed by atoms with Crippen molar-refractivity contribution in [1.29, 1.82) is 0 Å². The number of hydrogen-bond donors (Lipinski definition) is 1.